The van der Waals surface area contributed by atoms with Crippen molar-refractivity contribution in [3.05, 3.63) is 0 Å². The van der Waals surface area contributed by atoms with Gasteiger partial charge in [-0.2, -0.15) is 0 Å². The van der Waals surface area contributed by atoms with Crippen LogP contribution in [0.25, 0.3) is 0 Å². The van der Waals surface area contributed by atoms with E-state index in [9.17, 15) is 4.79 Å². The van der Waals surface area contributed by atoms with E-state index in [-0.39, 0.29) is 5.41 Å². The number of carbonyl (C=O) groups is 1. The van der Waals surface area contributed by atoms with Crippen molar-refractivity contribution in [1.29, 1.82) is 0 Å². The minimum absolute atomic E-state index is 0.0650. The molecule has 18 heavy (non-hydrogen) atoms. The first kappa shape index (κ1) is 12.1. The summed E-state index contributed by atoms with van der Waals surface area (Å²) in [5, 5.41) is 0. The van der Waals surface area contributed by atoms with Gasteiger partial charge in [0.1, 0.15) is 0 Å². The van der Waals surface area contributed by atoms with Crippen molar-refractivity contribution < 1.29 is 4.79 Å². The van der Waals surface area contributed by atoms with E-state index < -0.39 is 0 Å². The monoisotopic (exact) mass is 245 g/mol. The average Bonchev–Trinajstić information content (AvgIpc) is 2.24. The van der Waals surface area contributed by atoms with Crippen LogP contribution in [-0.4, -0.2) is 24.4 Å². The lowest BCUT2D eigenvalue weighted by Crippen LogP contribution is -2.57. The summed E-state index contributed by atoms with van der Waals surface area (Å²) >= 11 is 0. The number of hydrogen-bond acceptors (Lipinski definition) is 1. The molecule has 4 fully saturated rings. The molecule has 0 aromatic rings. The van der Waals surface area contributed by atoms with E-state index in [2.05, 4.69) is 12.8 Å². The Labute approximate surface area is 110 Å². The molecule has 2 heteroatoms. The highest BCUT2D eigenvalue weighted by Crippen LogP contribution is 2.65. The van der Waals surface area contributed by atoms with Crippen molar-refractivity contribution in [2.24, 2.45) is 22.7 Å². The van der Waals surface area contributed by atoms with Crippen LogP contribution in [0.3, 0.4) is 0 Å². The molecule has 4 aliphatic carbocycles. The lowest BCUT2D eigenvalue weighted by Gasteiger charge is -2.60. The normalized spacial score (nSPS) is 44.7. The van der Waals surface area contributed by atoms with Crippen LogP contribution in [0, 0.1) is 35.0 Å². The maximum absolute atomic E-state index is 12.8. The number of nitrogens with zero attached hydrogens (tertiary/aromatic N) is 1. The fraction of sp³-hybridized carbons (Fsp3) is 0.812. The number of hydrogen-bond donors (Lipinski definition) is 0. The van der Waals surface area contributed by atoms with Gasteiger partial charge < -0.3 is 4.90 Å². The molecule has 0 N–H and O–H groups in total. The lowest BCUT2D eigenvalue weighted by molar-refractivity contribution is -0.164. The van der Waals surface area contributed by atoms with E-state index in [4.69, 9.17) is 6.42 Å². The highest BCUT2D eigenvalue weighted by Gasteiger charge is 2.59. The van der Waals surface area contributed by atoms with Crippen molar-refractivity contribution in [2.75, 3.05) is 13.6 Å². The Morgan fingerprint density at radius 2 is 1.94 bits per heavy atom. The molecular weight excluding hydrogens is 222 g/mol. The Morgan fingerprint density at radius 1 is 1.33 bits per heavy atom. The van der Waals surface area contributed by atoms with Gasteiger partial charge in [0, 0.05) is 7.05 Å². The minimum Gasteiger partial charge on any atom is -0.334 e. The van der Waals surface area contributed by atoms with E-state index in [0.29, 0.717) is 17.9 Å². The molecule has 2 unspecified atom stereocenters. The summed E-state index contributed by atoms with van der Waals surface area (Å²) in [6, 6.07) is 0. The Hall–Kier alpha value is -0.970. The molecule has 4 aliphatic rings. The first-order valence-corrected chi connectivity index (χ1v) is 7.15. The van der Waals surface area contributed by atoms with Gasteiger partial charge in [-0.15, -0.1) is 6.42 Å². The van der Waals surface area contributed by atoms with Gasteiger partial charge in [-0.25, -0.2) is 0 Å². The highest BCUT2D eigenvalue weighted by atomic mass is 16.2. The van der Waals surface area contributed by atoms with Crippen molar-refractivity contribution in [3.63, 3.8) is 0 Å². The molecule has 98 valence electrons. The van der Waals surface area contributed by atoms with Crippen LogP contribution < -0.4 is 0 Å². The molecule has 0 heterocycles. The third-order valence-electron chi connectivity index (χ3n) is 5.48. The van der Waals surface area contributed by atoms with Crippen molar-refractivity contribution in [2.45, 2.75) is 45.4 Å². The van der Waals surface area contributed by atoms with Gasteiger partial charge in [-0.3, -0.25) is 4.79 Å². The largest absolute Gasteiger partial charge is 0.334 e. The van der Waals surface area contributed by atoms with Gasteiger partial charge in [-0.05, 0) is 55.8 Å². The third-order valence-corrected chi connectivity index (χ3v) is 5.48. The molecule has 2 nitrogen and oxygen atoms in total. The molecule has 0 radical (unpaired) electrons. The first-order chi connectivity index (χ1) is 8.46. The van der Waals surface area contributed by atoms with Gasteiger partial charge in [0.15, 0.2) is 0 Å². The predicted octanol–water partition coefficient (Wildman–Crippen LogP) is 2.68. The number of carbonyl (C=O) groups excluding carboxylic acids is 1. The van der Waals surface area contributed by atoms with Crippen LogP contribution >= 0.6 is 0 Å². The lowest BCUT2D eigenvalue weighted by atomic mass is 9.44. The van der Waals surface area contributed by atoms with Crippen molar-refractivity contribution >= 4 is 5.91 Å². The van der Waals surface area contributed by atoms with E-state index in [0.717, 1.165) is 31.1 Å². The summed E-state index contributed by atoms with van der Waals surface area (Å²) in [5.74, 6) is 4.50. The summed E-state index contributed by atoms with van der Waals surface area (Å²) in [7, 11) is 1.86. The molecule has 1 amide bonds. The Morgan fingerprint density at radius 3 is 2.44 bits per heavy atom. The van der Waals surface area contributed by atoms with Crippen LogP contribution in [0.4, 0.5) is 0 Å². The number of terminal acetylenes is 1. The van der Waals surface area contributed by atoms with Gasteiger partial charge in [0.2, 0.25) is 5.91 Å². The molecule has 0 aromatic heterocycles. The summed E-state index contributed by atoms with van der Waals surface area (Å²) in [6.45, 7) is 2.85. The molecule has 4 bridgehead atoms. The smallest absolute Gasteiger partial charge is 0.229 e. The maximum Gasteiger partial charge on any atom is 0.229 e. The molecule has 4 rings (SSSR count). The van der Waals surface area contributed by atoms with E-state index in [1.165, 1.54) is 19.3 Å². The molecule has 2 atom stereocenters. The standard InChI is InChI=1S/C16H23NO/c1-4-5-17(3)14(18)16-9-12-6-13(10-16)8-15(2,7-12)11-16/h1,12-13H,5-11H2,2-3H3. The minimum atomic E-state index is -0.0650. The Bertz CT molecular complexity index is 405. The topological polar surface area (TPSA) is 20.3 Å². The number of rotatable bonds is 2. The van der Waals surface area contributed by atoms with Gasteiger partial charge in [0.05, 0.1) is 12.0 Å². The van der Waals surface area contributed by atoms with E-state index in [1.54, 1.807) is 4.90 Å². The quantitative estimate of drug-likeness (QED) is 0.685. The van der Waals surface area contributed by atoms with Gasteiger partial charge >= 0.3 is 0 Å². The highest BCUT2D eigenvalue weighted by molar-refractivity contribution is 5.83. The Balaban J connectivity index is 1.87. The van der Waals surface area contributed by atoms with Crippen LogP contribution in [0.5, 0.6) is 0 Å². The SMILES string of the molecule is C#CCN(C)C(=O)C12CC3CC(CC(C)(C3)C1)C2. The van der Waals surface area contributed by atoms with Crippen LogP contribution in [0.1, 0.15) is 45.4 Å². The zero-order valence-corrected chi connectivity index (χ0v) is 11.5. The Kier molecular flexibility index (Phi) is 2.52. The second-order valence-electron chi connectivity index (χ2n) is 7.42. The summed E-state index contributed by atoms with van der Waals surface area (Å²) in [6.07, 6.45) is 12.7. The van der Waals surface area contributed by atoms with Crippen LogP contribution in [0.15, 0.2) is 0 Å². The molecule has 0 saturated heterocycles. The van der Waals surface area contributed by atoms with Crippen LogP contribution in [0.2, 0.25) is 0 Å². The average molecular weight is 245 g/mol. The fourth-order valence-electron chi connectivity index (χ4n) is 5.58. The van der Waals surface area contributed by atoms with Crippen molar-refractivity contribution in [3.8, 4) is 12.3 Å². The third kappa shape index (κ3) is 1.67. The van der Waals surface area contributed by atoms with Crippen LogP contribution in [-0.2, 0) is 4.79 Å². The van der Waals surface area contributed by atoms with Crippen molar-refractivity contribution in [1.82, 2.24) is 4.90 Å². The first-order valence-electron chi connectivity index (χ1n) is 7.15. The zero-order chi connectivity index (χ0) is 13.0. The van der Waals surface area contributed by atoms with E-state index in [1.807, 2.05) is 7.05 Å². The second kappa shape index (κ2) is 3.76. The second-order valence-corrected chi connectivity index (χ2v) is 7.42. The van der Waals surface area contributed by atoms with Gasteiger partial charge in [0.25, 0.3) is 0 Å². The fourth-order valence-corrected chi connectivity index (χ4v) is 5.58. The molecule has 0 aliphatic heterocycles. The van der Waals surface area contributed by atoms with E-state index >= 15 is 0 Å². The number of amides is 1. The predicted molar refractivity (Wildman–Crippen MR) is 71.7 cm³/mol. The molecule has 0 spiro atoms. The molecule has 4 saturated carbocycles. The zero-order valence-electron chi connectivity index (χ0n) is 11.5. The molecular formula is C16H23NO. The summed E-state index contributed by atoms with van der Waals surface area (Å²) in [4.78, 5) is 14.5. The molecule has 0 aromatic carbocycles. The van der Waals surface area contributed by atoms with Gasteiger partial charge in [-0.1, -0.05) is 12.8 Å². The summed E-state index contributed by atoms with van der Waals surface area (Å²) < 4.78 is 0. The summed E-state index contributed by atoms with van der Waals surface area (Å²) in [5.41, 5.74) is 0.362. The maximum atomic E-state index is 12.8.